The van der Waals surface area contributed by atoms with Crippen LogP contribution in [-0.2, 0) is 0 Å². The summed E-state index contributed by atoms with van der Waals surface area (Å²) >= 11 is 0. The van der Waals surface area contributed by atoms with Crippen LogP contribution in [0.25, 0.3) is 5.69 Å². The standard InChI is InChI=1S/C13H17N3.ClH/c1-11(2)9-15-12-3-5-13(6-4-12)16-8-7-14-10-16;/h3-8,10-11,15H,9H2,1-2H3;1H. The number of imidazole rings is 1. The Hall–Kier alpha value is -1.48. The lowest BCUT2D eigenvalue weighted by molar-refractivity contribution is 0.689. The molecule has 2 rings (SSSR count). The SMILES string of the molecule is CC(C)CNc1ccc(-n2ccnc2)cc1.Cl. The highest BCUT2D eigenvalue weighted by Gasteiger charge is 1.97. The summed E-state index contributed by atoms with van der Waals surface area (Å²) in [5, 5.41) is 3.39. The largest absolute Gasteiger partial charge is 0.385 e. The summed E-state index contributed by atoms with van der Waals surface area (Å²) in [6.45, 7) is 5.41. The summed E-state index contributed by atoms with van der Waals surface area (Å²) in [5.74, 6) is 0.660. The van der Waals surface area contributed by atoms with Crippen molar-refractivity contribution in [3.63, 3.8) is 0 Å². The van der Waals surface area contributed by atoms with Gasteiger partial charge < -0.3 is 9.88 Å². The molecule has 0 atom stereocenters. The van der Waals surface area contributed by atoms with E-state index in [4.69, 9.17) is 0 Å². The van der Waals surface area contributed by atoms with Gasteiger partial charge in [-0.3, -0.25) is 0 Å². The van der Waals surface area contributed by atoms with Crippen LogP contribution in [0.15, 0.2) is 43.0 Å². The lowest BCUT2D eigenvalue weighted by atomic mass is 10.2. The molecule has 0 fully saturated rings. The first-order chi connectivity index (χ1) is 7.75. The van der Waals surface area contributed by atoms with Gasteiger partial charge in [-0.25, -0.2) is 4.98 Å². The van der Waals surface area contributed by atoms with Gasteiger partial charge in [0.15, 0.2) is 0 Å². The molecule has 1 heterocycles. The number of hydrogen-bond acceptors (Lipinski definition) is 2. The van der Waals surface area contributed by atoms with Crippen LogP contribution in [0.4, 0.5) is 5.69 Å². The van der Waals surface area contributed by atoms with E-state index in [9.17, 15) is 0 Å². The first-order valence-electron chi connectivity index (χ1n) is 5.58. The van der Waals surface area contributed by atoms with Crippen molar-refractivity contribution in [2.24, 2.45) is 5.92 Å². The maximum Gasteiger partial charge on any atom is 0.0991 e. The molecule has 0 unspecified atom stereocenters. The van der Waals surface area contributed by atoms with Crippen molar-refractivity contribution in [2.75, 3.05) is 11.9 Å². The zero-order chi connectivity index (χ0) is 11.4. The van der Waals surface area contributed by atoms with Crippen LogP contribution in [-0.4, -0.2) is 16.1 Å². The number of anilines is 1. The number of halogens is 1. The Morgan fingerprint density at radius 3 is 2.47 bits per heavy atom. The van der Waals surface area contributed by atoms with Crippen molar-refractivity contribution in [3.05, 3.63) is 43.0 Å². The monoisotopic (exact) mass is 251 g/mol. The molecule has 0 amide bonds. The van der Waals surface area contributed by atoms with E-state index in [1.165, 1.54) is 0 Å². The normalized spacial score (nSPS) is 10.1. The minimum atomic E-state index is 0. The van der Waals surface area contributed by atoms with Crippen LogP contribution >= 0.6 is 12.4 Å². The van der Waals surface area contributed by atoms with Crippen LogP contribution in [0.2, 0.25) is 0 Å². The Bertz CT molecular complexity index is 420. The van der Waals surface area contributed by atoms with E-state index in [0.717, 1.165) is 17.9 Å². The Balaban J connectivity index is 0.00000144. The summed E-state index contributed by atoms with van der Waals surface area (Å²) in [7, 11) is 0. The van der Waals surface area contributed by atoms with Crippen molar-refractivity contribution >= 4 is 18.1 Å². The van der Waals surface area contributed by atoms with Crippen molar-refractivity contribution in [1.82, 2.24) is 9.55 Å². The number of benzene rings is 1. The van der Waals surface area contributed by atoms with Crippen LogP contribution in [0.3, 0.4) is 0 Å². The van der Waals surface area contributed by atoms with E-state index in [2.05, 4.69) is 48.4 Å². The van der Waals surface area contributed by atoms with Gasteiger partial charge >= 0.3 is 0 Å². The Morgan fingerprint density at radius 1 is 1.24 bits per heavy atom. The Labute approximate surface area is 108 Å². The molecule has 0 aliphatic carbocycles. The van der Waals surface area contributed by atoms with Crippen LogP contribution < -0.4 is 5.32 Å². The number of rotatable bonds is 4. The second kappa shape index (κ2) is 6.30. The molecule has 0 saturated heterocycles. The van der Waals surface area contributed by atoms with Crippen molar-refractivity contribution < 1.29 is 0 Å². The third-order valence-corrected chi connectivity index (χ3v) is 2.38. The van der Waals surface area contributed by atoms with E-state index >= 15 is 0 Å². The quantitative estimate of drug-likeness (QED) is 0.903. The van der Waals surface area contributed by atoms with Crippen LogP contribution in [0.5, 0.6) is 0 Å². The Morgan fingerprint density at radius 2 is 1.94 bits per heavy atom. The minimum Gasteiger partial charge on any atom is -0.385 e. The van der Waals surface area contributed by atoms with Gasteiger partial charge in [0.1, 0.15) is 0 Å². The van der Waals surface area contributed by atoms with Crippen LogP contribution in [0, 0.1) is 5.92 Å². The lowest BCUT2D eigenvalue weighted by Crippen LogP contribution is -2.07. The number of nitrogens with one attached hydrogen (secondary N) is 1. The maximum absolute atomic E-state index is 4.03. The molecule has 1 aromatic carbocycles. The van der Waals surface area contributed by atoms with Crippen molar-refractivity contribution in [1.29, 1.82) is 0 Å². The summed E-state index contributed by atoms with van der Waals surface area (Å²) in [6, 6.07) is 8.37. The zero-order valence-electron chi connectivity index (χ0n) is 10.1. The molecule has 17 heavy (non-hydrogen) atoms. The fourth-order valence-corrected chi connectivity index (χ4v) is 1.49. The van der Waals surface area contributed by atoms with E-state index in [0.29, 0.717) is 5.92 Å². The fraction of sp³-hybridized carbons (Fsp3) is 0.308. The molecule has 0 radical (unpaired) electrons. The van der Waals surface area contributed by atoms with Gasteiger partial charge in [-0.15, -0.1) is 12.4 Å². The number of hydrogen-bond donors (Lipinski definition) is 1. The average molecular weight is 252 g/mol. The minimum absolute atomic E-state index is 0. The van der Waals surface area contributed by atoms with Gasteiger partial charge in [0.25, 0.3) is 0 Å². The maximum atomic E-state index is 4.03. The third kappa shape index (κ3) is 3.79. The summed E-state index contributed by atoms with van der Waals surface area (Å²) in [5.41, 5.74) is 2.30. The zero-order valence-corrected chi connectivity index (χ0v) is 10.9. The second-order valence-corrected chi connectivity index (χ2v) is 4.29. The highest BCUT2D eigenvalue weighted by molar-refractivity contribution is 5.85. The highest BCUT2D eigenvalue weighted by atomic mass is 35.5. The topological polar surface area (TPSA) is 29.9 Å². The molecule has 0 bridgehead atoms. The summed E-state index contributed by atoms with van der Waals surface area (Å²) in [6.07, 6.45) is 5.53. The summed E-state index contributed by atoms with van der Waals surface area (Å²) < 4.78 is 1.99. The molecule has 3 nitrogen and oxygen atoms in total. The smallest absolute Gasteiger partial charge is 0.0991 e. The van der Waals surface area contributed by atoms with E-state index in [-0.39, 0.29) is 12.4 Å². The Kier molecular flexibility index (Phi) is 5.04. The van der Waals surface area contributed by atoms with Gasteiger partial charge in [0, 0.05) is 30.3 Å². The number of nitrogens with zero attached hydrogens (tertiary/aromatic N) is 2. The highest BCUT2D eigenvalue weighted by Crippen LogP contribution is 2.13. The average Bonchev–Trinajstić information content (AvgIpc) is 2.80. The van der Waals surface area contributed by atoms with Gasteiger partial charge in [-0.2, -0.15) is 0 Å². The van der Waals surface area contributed by atoms with E-state index in [1.807, 2.05) is 10.8 Å². The van der Waals surface area contributed by atoms with Gasteiger partial charge in [-0.1, -0.05) is 13.8 Å². The van der Waals surface area contributed by atoms with Gasteiger partial charge in [0.2, 0.25) is 0 Å². The van der Waals surface area contributed by atoms with Crippen LogP contribution in [0.1, 0.15) is 13.8 Å². The summed E-state index contributed by atoms with van der Waals surface area (Å²) in [4.78, 5) is 4.03. The van der Waals surface area contributed by atoms with Gasteiger partial charge in [0.05, 0.1) is 6.33 Å². The molecule has 0 spiro atoms. The fourth-order valence-electron chi connectivity index (χ4n) is 1.49. The molecule has 0 aliphatic heterocycles. The third-order valence-electron chi connectivity index (χ3n) is 2.38. The molecule has 2 aromatic rings. The molecule has 1 aromatic heterocycles. The van der Waals surface area contributed by atoms with Crippen molar-refractivity contribution in [2.45, 2.75) is 13.8 Å². The molecule has 0 saturated carbocycles. The first kappa shape index (κ1) is 13.6. The number of aromatic nitrogens is 2. The molecular formula is C13H18ClN3. The van der Waals surface area contributed by atoms with Crippen molar-refractivity contribution in [3.8, 4) is 5.69 Å². The molecule has 1 N–H and O–H groups in total. The van der Waals surface area contributed by atoms with Gasteiger partial charge in [-0.05, 0) is 30.2 Å². The predicted octanol–water partition coefficient (Wildman–Crippen LogP) is 3.36. The first-order valence-corrected chi connectivity index (χ1v) is 5.58. The predicted molar refractivity (Wildman–Crippen MR) is 74.1 cm³/mol. The second-order valence-electron chi connectivity index (χ2n) is 4.29. The molecule has 0 aliphatic rings. The van der Waals surface area contributed by atoms with E-state index < -0.39 is 0 Å². The molecular weight excluding hydrogens is 234 g/mol. The molecule has 4 heteroatoms. The molecule has 92 valence electrons. The lowest BCUT2D eigenvalue weighted by Gasteiger charge is -2.09. The van der Waals surface area contributed by atoms with E-state index in [1.54, 1.807) is 12.5 Å².